The molecule has 0 amide bonds. The predicted octanol–water partition coefficient (Wildman–Crippen LogP) is 12.6. The molecule has 0 bridgehead atoms. The first-order valence-electron chi connectivity index (χ1n) is 17.0. The van der Waals surface area contributed by atoms with Crippen LogP contribution in [0, 0.1) is 0 Å². The van der Waals surface area contributed by atoms with Gasteiger partial charge in [0.05, 0.1) is 11.0 Å². The molecule has 10 rings (SSSR count). The van der Waals surface area contributed by atoms with Crippen LogP contribution in [0.2, 0.25) is 0 Å². The Labute approximate surface area is 285 Å². The first-order chi connectivity index (χ1) is 24.3. The van der Waals surface area contributed by atoms with E-state index in [1.165, 1.54) is 88.7 Å². The summed E-state index contributed by atoms with van der Waals surface area (Å²) in [5, 5.41) is 5.10. The van der Waals surface area contributed by atoms with Gasteiger partial charge in [-0.15, -0.1) is 0 Å². The number of aromatic nitrogens is 1. The highest BCUT2D eigenvalue weighted by atomic mass is 15.2. The highest BCUT2D eigenvalue weighted by molar-refractivity contribution is 6.09. The molecule has 0 saturated heterocycles. The molecule has 1 aliphatic rings. The van der Waals surface area contributed by atoms with Gasteiger partial charge in [-0.3, -0.25) is 0 Å². The molecule has 0 saturated carbocycles. The minimum atomic E-state index is 0.878. The first kappa shape index (κ1) is 27.7. The molecule has 0 unspecified atom stereocenters. The van der Waals surface area contributed by atoms with Crippen LogP contribution in [0.3, 0.4) is 0 Å². The van der Waals surface area contributed by atoms with Crippen molar-refractivity contribution in [1.29, 1.82) is 0 Å². The van der Waals surface area contributed by atoms with Gasteiger partial charge in [0.2, 0.25) is 0 Å². The molecule has 49 heavy (non-hydrogen) atoms. The zero-order chi connectivity index (χ0) is 32.3. The molecule has 0 N–H and O–H groups in total. The molecule has 8 aromatic carbocycles. The van der Waals surface area contributed by atoms with Gasteiger partial charge in [-0.1, -0.05) is 115 Å². The predicted molar refractivity (Wildman–Crippen MR) is 207 cm³/mol. The molecule has 0 radical (unpaired) electrons. The Morgan fingerprint density at radius 3 is 1.53 bits per heavy atom. The molecule has 2 heteroatoms. The van der Waals surface area contributed by atoms with Crippen molar-refractivity contribution in [3.8, 4) is 27.9 Å². The number of hydrogen-bond donors (Lipinski definition) is 0. The maximum absolute atomic E-state index is 2.42. The topological polar surface area (TPSA) is 8.17 Å². The molecule has 0 atom stereocenters. The van der Waals surface area contributed by atoms with Crippen LogP contribution >= 0.6 is 0 Å². The fourth-order valence-corrected chi connectivity index (χ4v) is 7.81. The fourth-order valence-electron chi connectivity index (χ4n) is 7.81. The minimum Gasteiger partial charge on any atom is -0.310 e. The third kappa shape index (κ3) is 4.57. The molecular formula is C47H32N2. The molecule has 0 spiro atoms. The summed E-state index contributed by atoms with van der Waals surface area (Å²) in [6, 6.07) is 66.5. The van der Waals surface area contributed by atoms with E-state index >= 15 is 0 Å². The lowest BCUT2D eigenvalue weighted by molar-refractivity contribution is 1.09. The Morgan fingerprint density at radius 2 is 0.857 bits per heavy atom. The van der Waals surface area contributed by atoms with Gasteiger partial charge in [0.15, 0.2) is 0 Å². The molecule has 0 fully saturated rings. The monoisotopic (exact) mass is 624 g/mol. The maximum Gasteiger partial charge on any atom is 0.0541 e. The van der Waals surface area contributed by atoms with Crippen molar-refractivity contribution in [3.63, 3.8) is 0 Å². The van der Waals surface area contributed by atoms with Crippen LogP contribution in [0.5, 0.6) is 0 Å². The Morgan fingerprint density at radius 1 is 0.347 bits per heavy atom. The molecule has 1 aromatic heterocycles. The van der Waals surface area contributed by atoms with Gasteiger partial charge in [-0.05, 0) is 111 Å². The standard InChI is InChI=1S/C47H32N2/c1-2-12-40(13-3-1)48-44-26-22-35(33-20-24-41(25-21-33)49-46-16-8-6-14-42(46)43-15-7-9-17-47(43)49)29-38(44)31-39-30-37(23-27-45(39)48)36-19-18-32-10-4-5-11-34(32)28-36/h1-30H,31H2. The second-order valence-electron chi connectivity index (χ2n) is 13.0. The average Bonchev–Trinajstić information content (AvgIpc) is 3.51. The van der Waals surface area contributed by atoms with E-state index in [-0.39, 0.29) is 0 Å². The normalized spacial score (nSPS) is 12.4. The van der Waals surface area contributed by atoms with E-state index in [1.54, 1.807) is 0 Å². The van der Waals surface area contributed by atoms with Crippen LogP contribution in [0.25, 0.3) is 60.5 Å². The fraction of sp³-hybridized carbons (Fsp3) is 0.0213. The molecule has 2 nitrogen and oxygen atoms in total. The summed E-state index contributed by atoms with van der Waals surface area (Å²) in [4.78, 5) is 2.42. The molecular weight excluding hydrogens is 593 g/mol. The summed E-state index contributed by atoms with van der Waals surface area (Å²) in [6.45, 7) is 0. The van der Waals surface area contributed by atoms with Crippen LogP contribution in [0.15, 0.2) is 182 Å². The van der Waals surface area contributed by atoms with E-state index in [2.05, 4.69) is 191 Å². The number of rotatable bonds is 4. The van der Waals surface area contributed by atoms with Gasteiger partial charge in [0.25, 0.3) is 0 Å². The summed E-state index contributed by atoms with van der Waals surface area (Å²) >= 11 is 0. The van der Waals surface area contributed by atoms with Crippen molar-refractivity contribution in [2.45, 2.75) is 6.42 Å². The van der Waals surface area contributed by atoms with Crippen molar-refractivity contribution in [3.05, 3.63) is 193 Å². The van der Waals surface area contributed by atoms with Gasteiger partial charge in [0.1, 0.15) is 0 Å². The zero-order valence-electron chi connectivity index (χ0n) is 26.9. The Bertz CT molecular complexity index is 2630. The number of fused-ring (bicyclic) bond motifs is 6. The summed E-state index contributed by atoms with van der Waals surface area (Å²) < 4.78 is 2.38. The van der Waals surface area contributed by atoms with E-state index in [1.807, 2.05) is 0 Å². The SMILES string of the molecule is c1ccc(N2c3ccc(-c4ccc(-n5c6ccccc6c6ccccc65)cc4)cc3Cc3cc(-c4ccc5ccccc5c4)ccc32)cc1. The van der Waals surface area contributed by atoms with Gasteiger partial charge >= 0.3 is 0 Å². The average molecular weight is 625 g/mol. The number of benzene rings is 8. The summed E-state index contributed by atoms with van der Waals surface area (Å²) in [5.41, 5.74) is 14.9. The minimum absolute atomic E-state index is 0.878. The van der Waals surface area contributed by atoms with Crippen molar-refractivity contribution in [2.75, 3.05) is 4.90 Å². The lowest BCUT2D eigenvalue weighted by atomic mass is 9.90. The third-order valence-corrected chi connectivity index (χ3v) is 10.2. The quantitative estimate of drug-likeness (QED) is 0.189. The Balaban J connectivity index is 1.05. The summed E-state index contributed by atoms with van der Waals surface area (Å²) in [5.74, 6) is 0. The third-order valence-electron chi connectivity index (χ3n) is 10.2. The van der Waals surface area contributed by atoms with Crippen molar-refractivity contribution in [2.24, 2.45) is 0 Å². The van der Waals surface area contributed by atoms with Crippen LogP contribution in [-0.4, -0.2) is 4.57 Å². The second kappa shape index (κ2) is 11.1. The second-order valence-corrected chi connectivity index (χ2v) is 13.0. The summed E-state index contributed by atoms with van der Waals surface area (Å²) in [6.07, 6.45) is 0.878. The van der Waals surface area contributed by atoms with Gasteiger partial charge in [-0.25, -0.2) is 0 Å². The van der Waals surface area contributed by atoms with Crippen molar-refractivity contribution >= 4 is 49.6 Å². The summed E-state index contributed by atoms with van der Waals surface area (Å²) in [7, 11) is 0. The van der Waals surface area contributed by atoms with Gasteiger partial charge < -0.3 is 9.47 Å². The van der Waals surface area contributed by atoms with Crippen LogP contribution in [-0.2, 0) is 6.42 Å². The van der Waals surface area contributed by atoms with Crippen molar-refractivity contribution < 1.29 is 0 Å². The highest BCUT2D eigenvalue weighted by Gasteiger charge is 2.25. The molecule has 0 aliphatic carbocycles. The van der Waals surface area contributed by atoms with E-state index in [0.29, 0.717) is 0 Å². The van der Waals surface area contributed by atoms with Crippen LogP contribution in [0.1, 0.15) is 11.1 Å². The Hall–Kier alpha value is -6.38. The van der Waals surface area contributed by atoms with Crippen LogP contribution < -0.4 is 4.90 Å². The number of para-hydroxylation sites is 3. The lowest BCUT2D eigenvalue weighted by Gasteiger charge is -2.34. The lowest BCUT2D eigenvalue weighted by Crippen LogP contribution is -2.18. The smallest absolute Gasteiger partial charge is 0.0541 e. The van der Waals surface area contributed by atoms with E-state index in [0.717, 1.165) is 6.42 Å². The Kier molecular flexibility index (Phi) is 6.28. The van der Waals surface area contributed by atoms with Gasteiger partial charge in [0, 0.05) is 39.9 Å². The van der Waals surface area contributed by atoms with E-state index in [9.17, 15) is 0 Å². The highest BCUT2D eigenvalue weighted by Crippen LogP contribution is 2.46. The van der Waals surface area contributed by atoms with Crippen molar-refractivity contribution in [1.82, 2.24) is 4.57 Å². The number of hydrogen-bond acceptors (Lipinski definition) is 1. The first-order valence-corrected chi connectivity index (χ1v) is 17.0. The number of anilines is 3. The largest absolute Gasteiger partial charge is 0.310 e. The zero-order valence-corrected chi connectivity index (χ0v) is 26.9. The molecule has 9 aromatic rings. The van der Waals surface area contributed by atoms with Gasteiger partial charge in [-0.2, -0.15) is 0 Å². The number of nitrogens with zero attached hydrogens (tertiary/aromatic N) is 2. The van der Waals surface area contributed by atoms with E-state index < -0.39 is 0 Å². The van der Waals surface area contributed by atoms with E-state index in [4.69, 9.17) is 0 Å². The molecule has 230 valence electrons. The van der Waals surface area contributed by atoms with Crippen LogP contribution in [0.4, 0.5) is 17.1 Å². The molecule has 2 heterocycles. The molecule has 1 aliphatic heterocycles. The maximum atomic E-state index is 2.42.